The Morgan fingerprint density at radius 3 is 3.00 bits per heavy atom. The molecule has 7 nitrogen and oxygen atoms in total. The molecule has 2 saturated heterocycles. The van der Waals surface area contributed by atoms with Crippen LogP contribution < -0.4 is 16.0 Å². The van der Waals surface area contributed by atoms with Crippen LogP contribution in [0.4, 0.5) is 10.7 Å². The molecule has 1 aliphatic carbocycles. The predicted octanol–water partition coefficient (Wildman–Crippen LogP) is 1.39. The maximum absolute atomic E-state index is 11.6. The Morgan fingerprint density at radius 1 is 1.50 bits per heavy atom. The van der Waals surface area contributed by atoms with Gasteiger partial charge in [-0.1, -0.05) is 22.6 Å². The number of piperidine rings is 1. The van der Waals surface area contributed by atoms with Gasteiger partial charge >= 0.3 is 0 Å². The summed E-state index contributed by atoms with van der Waals surface area (Å²) in [6, 6.07) is 1.74. The van der Waals surface area contributed by atoms with Crippen molar-refractivity contribution in [1.82, 2.24) is 15.3 Å². The Bertz CT molecular complexity index is 757. The number of thioether (sulfide) groups is 1. The van der Waals surface area contributed by atoms with Crippen molar-refractivity contribution in [2.45, 2.75) is 10.3 Å². The second-order valence-corrected chi connectivity index (χ2v) is 8.86. The zero-order chi connectivity index (χ0) is 16.9. The van der Waals surface area contributed by atoms with Gasteiger partial charge in [-0.15, -0.1) is 0 Å². The van der Waals surface area contributed by atoms with Crippen LogP contribution in [0.3, 0.4) is 0 Å². The number of nitrogens with one attached hydrogen (secondary N) is 1. The normalized spacial score (nSPS) is 33.6. The van der Waals surface area contributed by atoms with Gasteiger partial charge < -0.3 is 10.6 Å². The van der Waals surface area contributed by atoms with E-state index in [9.17, 15) is 9.59 Å². The maximum Gasteiger partial charge on any atom is 0.290 e. The van der Waals surface area contributed by atoms with Crippen LogP contribution in [-0.4, -0.2) is 44.7 Å². The number of nitrogens with zero attached hydrogens (tertiary/aromatic N) is 3. The molecule has 3 atom stereocenters. The zero-order valence-corrected chi connectivity index (χ0v) is 15.7. The molecule has 0 spiro atoms. The zero-order valence-electron chi connectivity index (χ0n) is 12.7. The van der Waals surface area contributed by atoms with Crippen LogP contribution >= 0.6 is 34.4 Å². The highest BCUT2D eigenvalue weighted by molar-refractivity contribution is 14.1. The minimum absolute atomic E-state index is 0.301. The van der Waals surface area contributed by atoms with E-state index < -0.39 is 0 Å². The lowest BCUT2D eigenvalue weighted by Gasteiger charge is -2.35. The fourth-order valence-corrected chi connectivity index (χ4v) is 5.60. The van der Waals surface area contributed by atoms with Crippen LogP contribution in [0.2, 0.25) is 0 Å². The molecule has 0 aromatic carbocycles. The molecular formula is C15H16IN5O2S. The van der Waals surface area contributed by atoms with Crippen molar-refractivity contribution in [2.24, 2.45) is 17.1 Å². The van der Waals surface area contributed by atoms with Gasteiger partial charge in [0.05, 0.1) is 10.6 Å². The molecule has 2 amide bonds. The number of carbonyl (C=O) groups excluding carboxylic acids is 2. The van der Waals surface area contributed by atoms with E-state index in [1.54, 1.807) is 18.3 Å². The Kier molecular flexibility index (Phi) is 4.04. The number of amides is 2. The van der Waals surface area contributed by atoms with Crippen molar-refractivity contribution in [3.05, 3.63) is 22.9 Å². The highest BCUT2D eigenvalue weighted by Crippen LogP contribution is 2.59. The first kappa shape index (κ1) is 16.3. The molecule has 3 heterocycles. The molecule has 0 bridgehead atoms. The fourth-order valence-electron chi connectivity index (χ4n) is 3.44. The molecule has 1 aromatic heterocycles. The van der Waals surface area contributed by atoms with Crippen LogP contribution in [0.1, 0.15) is 12.1 Å². The minimum Gasteiger partial charge on any atom is -0.339 e. The van der Waals surface area contributed by atoms with E-state index in [0.29, 0.717) is 31.8 Å². The lowest BCUT2D eigenvalue weighted by molar-refractivity contribution is -0.115. The molecule has 126 valence electrons. The molecule has 2 aliphatic heterocycles. The summed E-state index contributed by atoms with van der Waals surface area (Å²) in [7, 11) is 0. The van der Waals surface area contributed by atoms with Gasteiger partial charge in [-0.3, -0.25) is 14.9 Å². The number of rotatable bonds is 3. The Morgan fingerprint density at radius 2 is 2.33 bits per heavy atom. The summed E-state index contributed by atoms with van der Waals surface area (Å²) in [4.78, 5) is 34.4. The van der Waals surface area contributed by atoms with Gasteiger partial charge in [0.1, 0.15) is 0 Å². The lowest BCUT2D eigenvalue weighted by Crippen LogP contribution is -2.45. The standard InChI is InChI=1S/C15H16IN5O2S/c16-11-6-21(5-8-4-15(8,11)7-17)13-18-2-1-9(19-13)3-10-12(22)20-14(23)24-10/h1-3,8,11H,4-7,17H2,(H,20,22,23)/b10-3-/t8-,11+,15?/m1/s1. The number of halogens is 1. The largest absolute Gasteiger partial charge is 0.339 e. The molecule has 1 saturated carbocycles. The second-order valence-electron chi connectivity index (χ2n) is 6.34. The molecule has 3 N–H and O–H groups in total. The molecule has 1 unspecified atom stereocenters. The van der Waals surface area contributed by atoms with Crippen LogP contribution in [0.15, 0.2) is 17.2 Å². The van der Waals surface area contributed by atoms with Gasteiger partial charge in [-0.25, -0.2) is 9.97 Å². The number of hydrogen-bond acceptors (Lipinski definition) is 7. The van der Waals surface area contributed by atoms with Crippen LogP contribution in [-0.2, 0) is 4.79 Å². The van der Waals surface area contributed by atoms with Gasteiger partial charge in [0, 0.05) is 28.6 Å². The van der Waals surface area contributed by atoms with Gasteiger partial charge in [0.15, 0.2) is 0 Å². The van der Waals surface area contributed by atoms with Crippen LogP contribution in [0.25, 0.3) is 6.08 Å². The monoisotopic (exact) mass is 457 g/mol. The van der Waals surface area contributed by atoms with E-state index in [4.69, 9.17) is 5.73 Å². The highest BCUT2D eigenvalue weighted by atomic mass is 127. The van der Waals surface area contributed by atoms with Crippen LogP contribution in [0, 0.1) is 11.3 Å². The number of hydrogen-bond donors (Lipinski definition) is 2. The van der Waals surface area contributed by atoms with E-state index >= 15 is 0 Å². The molecule has 0 radical (unpaired) electrons. The number of carbonyl (C=O) groups is 2. The van der Waals surface area contributed by atoms with Crippen molar-refractivity contribution in [3.63, 3.8) is 0 Å². The van der Waals surface area contributed by atoms with Crippen molar-refractivity contribution in [3.8, 4) is 0 Å². The van der Waals surface area contributed by atoms with Gasteiger partial charge in [0.25, 0.3) is 11.1 Å². The summed E-state index contributed by atoms with van der Waals surface area (Å²) in [6.45, 7) is 2.54. The van der Waals surface area contributed by atoms with Gasteiger partial charge in [0.2, 0.25) is 5.95 Å². The summed E-state index contributed by atoms with van der Waals surface area (Å²) < 4.78 is 0.484. The molecule has 9 heteroatoms. The summed E-state index contributed by atoms with van der Waals surface area (Å²) >= 11 is 3.38. The fraction of sp³-hybridized carbons (Fsp3) is 0.467. The van der Waals surface area contributed by atoms with E-state index in [-0.39, 0.29) is 11.1 Å². The van der Waals surface area contributed by atoms with E-state index in [2.05, 4.69) is 42.8 Å². The van der Waals surface area contributed by atoms with Crippen molar-refractivity contribution in [2.75, 3.05) is 24.5 Å². The van der Waals surface area contributed by atoms with Crippen molar-refractivity contribution < 1.29 is 9.59 Å². The topological polar surface area (TPSA) is 101 Å². The third kappa shape index (κ3) is 2.72. The number of nitrogens with two attached hydrogens (primary N) is 1. The smallest absolute Gasteiger partial charge is 0.290 e. The first-order valence-electron chi connectivity index (χ1n) is 7.69. The van der Waals surface area contributed by atoms with Gasteiger partial charge in [-0.2, -0.15) is 0 Å². The number of anilines is 1. The third-order valence-corrected chi connectivity index (χ3v) is 7.42. The predicted molar refractivity (Wildman–Crippen MR) is 101 cm³/mol. The summed E-state index contributed by atoms with van der Waals surface area (Å²) in [5.41, 5.74) is 6.89. The minimum atomic E-state index is -0.374. The third-order valence-electron chi connectivity index (χ3n) is 4.97. The first-order valence-corrected chi connectivity index (χ1v) is 9.75. The maximum atomic E-state index is 11.6. The Hall–Kier alpha value is -1.20. The number of fused-ring (bicyclic) bond motifs is 1. The van der Waals surface area contributed by atoms with Crippen molar-refractivity contribution >= 4 is 57.5 Å². The number of alkyl halides is 1. The second kappa shape index (κ2) is 5.95. The molecular weight excluding hydrogens is 441 g/mol. The Balaban J connectivity index is 1.55. The average molecular weight is 457 g/mol. The summed E-state index contributed by atoms with van der Waals surface area (Å²) in [5, 5.41) is 1.89. The van der Waals surface area contributed by atoms with Crippen LogP contribution in [0.5, 0.6) is 0 Å². The number of aromatic nitrogens is 2. The SMILES string of the molecule is NCC12C[C@@H]1CN(c1nccc(/C=C3\SC(=O)NC3=O)n1)C[C@@H]2I. The lowest BCUT2D eigenvalue weighted by atomic mass is 9.95. The molecule has 4 rings (SSSR count). The molecule has 3 aliphatic rings. The van der Waals surface area contributed by atoms with Gasteiger partial charge in [-0.05, 0) is 42.8 Å². The van der Waals surface area contributed by atoms with E-state index in [1.807, 2.05) is 0 Å². The highest BCUT2D eigenvalue weighted by Gasteiger charge is 2.60. The molecule has 1 aromatic rings. The Labute approximate surface area is 157 Å². The van der Waals surface area contributed by atoms with E-state index in [0.717, 1.165) is 31.4 Å². The van der Waals surface area contributed by atoms with E-state index in [1.165, 1.54) is 6.42 Å². The summed E-state index contributed by atoms with van der Waals surface area (Å²) in [5.74, 6) is 0.900. The molecule has 3 fully saturated rings. The quantitative estimate of drug-likeness (QED) is 0.402. The first-order chi connectivity index (χ1) is 11.5. The number of imide groups is 1. The summed E-state index contributed by atoms with van der Waals surface area (Å²) in [6.07, 6.45) is 4.49. The average Bonchev–Trinajstić information content (AvgIpc) is 3.21. The molecule has 24 heavy (non-hydrogen) atoms. The van der Waals surface area contributed by atoms with Crippen molar-refractivity contribution in [1.29, 1.82) is 0 Å².